The number of ether oxygens (including phenoxy) is 2. The summed E-state index contributed by atoms with van der Waals surface area (Å²) in [6.45, 7) is 1.25. The molecule has 1 aliphatic heterocycles. The first kappa shape index (κ1) is 15.2. The Balaban J connectivity index is 1.51. The molecule has 0 saturated heterocycles. The highest BCUT2D eigenvalue weighted by Gasteiger charge is 2.15. The lowest BCUT2D eigenvalue weighted by molar-refractivity contribution is 0.102. The molecule has 5 nitrogen and oxygen atoms in total. The molecule has 0 fully saturated rings. The Hall–Kier alpha value is -2.38. The van der Waals surface area contributed by atoms with E-state index in [0.717, 1.165) is 16.3 Å². The summed E-state index contributed by atoms with van der Waals surface area (Å²) in [6.07, 6.45) is 0.848. The molecule has 0 bridgehead atoms. The quantitative estimate of drug-likeness (QED) is 0.759. The van der Waals surface area contributed by atoms with E-state index in [1.807, 2.05) is 23.6 Å². The number of hydrogen-bond donors (Lipinski definition) is 1. The molecule has 0 spiro atoms. The molecule has 122 valence electrons. The third-order valence-corrected chi connectivity index (χ3v) is 5.36. The molecule has 0 aliphatic carbocycles. The molecule has 24 heavy (non-hydrogen) atoms. The predicted molar refractivity (Wildman–Crippen MR) is 95.4 cm³/mol. The fraction of sp³-hybridized carbons (Fsp3) is 0.176. The standard InChI is InChI=1S/C17H14N2O3S2/c20-16(12-10-24-17(19-12)15-3-1-8-23-15)18-11-4-5-13-14(9-11)22-7-2-6-21-13/h1,3-5,8-10H,2,6-7H2,(H,18,20). The third kappa shape index (κ3) is 3.13. The van der Waals surface area contributed by atoms with Crippen molar-refractivity contribution < 1.29 is 14.3 Å². The van der Waals surface area contributed by atoms with Gasteiger partial charge >= 0.3 is 0 Å². The molecule has 0 saturated carbocycles. The average molecular weight is 358 g/mol. The molecule has 0 unspecified atom stereocenters. The third-order valence-electron chi connectivity index (χ3n) is 3.47. The summed E-state index contributed by atoms with van der Waals surface area (Å²) < 4.78 is 11.2. The molecular weight excluding hydrogens is 344 g/mol. The van der Waals surface area contributed by atoms with Crippen LogP contribution in [-0.2, 0) is 0 Å². The number of nitrogens with one attached hydrogen (secondary N) is 1. The Bertz CT molecular complexity index is 859. The van der Waals surface area contributed by atoms with Crippen molar-refractivity contribution in [2.75, 3.05) is 18.5 Å². The minimum Gasteiger partial charge on any atom is -0.490 e. The van der Waals surface area contributed by atoms with Crippen LogP contribution in [0.2, 0.25) is 0 Å². The van der Waals surface area contributed by atoms with Crippen LogP contribution in [-0.4, -0.2) is 24.1 Å². The molecule has 1 amide bonds. The van der Waals surface area contributed by atoms with Gasteiger partial charge in [0, 0.05) is 23.6 Å². The minimum atomic E-state index is -0.233. The van der Waals surface area contributed by atoms with Gasteiger partial charge in [-0.3, -0.25) is 4.79 Å². The summed E-state index contributed by atoms with van der Waals surface area (Å²) in [7, 11) is 0. The Labute approximate surface area is 146 Å². The largest absolute Gasteiger partial charge is 0.490 e. The average Bonchev–Trinajstić information content (AvgIpc) is 3.22. The van der Waals surface area contributed by atoms with Crippen molar-refractivity contribution >= 4 is 34.3 Å². The second-order valence-corrected chi connectivity index (χ2v) is 6.99. The van der Waals surface area contributed by atoms with E-state index < -0.39 is 0 Å². The molecular formula is C17H14N2O3S2. The summed E-state index contributed by atoms with van der Waals surface area (Å²) in [5.41, 5.74) is 1.07. The van der Waals surface area contributed by atoms with Gasteiger partial charge in [-0.25, -0.2) is 4.98 Å². The van der Waals surface area contributed by atoms with E-state index in [9.17, 15) is 4.79 Å². The molecule has 0 atom stereocenters. The fourth-order valence-electron chi connectivity index (χ4n) is 2.33. The van der Waals surface area contributed by atoms with Crippen molar-refractivity contribution in [2.24, 2.45) is 0 Å². The van der Waals surface area contributed by atoms with E-state index >= 15 is 0 Å². The number of fused-ring (bicyclic) bond motifs is 1. The summed E-state index contributed by atoms with van der Waals surface area (Å²) in [4.78, 5) is 17.9. The van der Waals surface area contributed by atoms with Crippen LogP contribution in [0.15, 0.2) is 41.1 Å². The number of nitrogens with zero attached hydrogens (tertiary/aromatic N) is 1. The number of carbonyl (C=O) groups excluding carboxylic acids is 1. The molecule has 3 heterocycles. The zero-order valence-corrected chi connectivity index (χ0v) is 14.3. The first-order chi connectivity index (χ1) is 11.8. The fourth-order valence-corrected chi connectivity index (χ4v) is 3.94. The highest BCUT2D eigenvalue weighted by atomic mass is 32.1. The maximum Gasteiger partial charge on any atom is 0.275 e. The number of amides is 1. The highest BCUT2D eigenvalue weighted by molar-refractivity contribution is 7.20. The SMILES string of the molecule is O=C(Nc1ccc2c(c1)OCCCO2)c1csc(-c2cccs2)n1. The molecule has 7 heteroatoms. The molecule has 2 aromatic heterocycles. The number of thiazole rings is 1. The predicted octanol–water partition coefficient (Wildman–Crippen LogP) is 4.29. The lowest BCUT2D eigenvalue weighted by Gasteiger charge is -2.09. The summed E-state index contributed by atoms with van der Waals surface area (Å²) in [5, 5.41) is 7.48. The lowest BCUT2D eigenvalue weighted by atomic mass is 10.2. The molecule has 1 aromatic carbocycles. The van der Waals surface area contributed by atoms with Crippen LogP contribution in [0, 0.1) is 0 Å². The maximum absolute atomic E-state index is 12.4. The number of thiophene rings is 1. The van der Waals surface area contributed by atoms with Crippen LogP contribution in [0.25, 0.3) is 9.88 Å². The van der Waals surface area contributed by atoms with Gasteiger partial charge in [0.2, 0.25) is 0 Å². The van der Waals surface area contributed by atoms with Gasteiger partial charge in [-0.2, -0.15) is 0 Å². The number of anilines is 1. The van der Waals surface area contributed by atoms with Crippen LogP contribution in [0.3, 0.4) is 0 Å². The Morgan fingerprint density at radius 3 is 2.83 bits per heavy atom. The van der Waals surface area contributed by atoms with Crippen molar-refractivity contribution in [1.82, 2.24) is 4.98 Å². The van der Waals surface area contributed by atoms with Gasteiger partial charge in [0.1, 0.15) is 10.7 Å². The van der Waals surface area contributed by atoms with Gasteiger partial charge in [0.05, 0.1) is 18.1 Å². The van der Waals surface area contributed by atoms with Crippen LogP contribution in [0.1, 0.15) is 16.9 Å². The van der Waals surface area contributed by atoms with Gasteiger partial charge in [0.15, 0.2) is 11.5 Å². The molecule has 1 N–H and O–H groups in total. The Kier molecular flexibility index (Phi) is 4.18. The monoisotopic (exact) mass is 358 g/mol. The second kappa shape index (κ2) is 6.62. The summed E-state index contributed by atoms with van der Waals surface area (Å²) in [5.74, 6) is 1.13. The Morgan fingerprint density at radius 1 is 1.12 bits per heavy atom. The van der Waals surface area contributed by atoms with Crippen molar-refractivity contribution in [3.8, 4) is 21.4 Å². The van der Waals surface area contributed by atoms with E-state index in [0.29, 0.717) is 36.1 Å². The van der Waals surface area contributed by atoms with Crippen molar-refractivity contribution in [3.63, 3.8) is 0 Å². The van der Waals surface area contributed by atoms with Crippen LogP contribution < -0.4 is 14.8 Å². The van der Waals surface area contributed by atoms with Crippen LogP contribution in [0.5, 0.6) is 11.5 Å². The first-order valence-corrected chi connectivity index (χ1v) is 9.26. The Morgan fingerprint density at radius 2 is 2.00 bits per heavy atom. The van der Waals surface area contributed by atoms with Crippen LogP contribution in [0.4, 0.5) is 5.69 Å². The molecule has 0 radical (unpaired) electrons. The topological polar surface area (TPSA) is 60.5 Å². The zero-order valence-electron chi connectivity index (χ0n) is 12.7. The number of hydrogen-bond acceptors (Lipinski definition) is 6. The first-order valence-electron chi connectivity index (χ1n) is 7.50. The van der Waals surface area contributed by atoms with E-state index in [-0.39, 0.29) is 5.91 Å². The van der Waals surface area contributed by atoms with Crippen molar-refractivity contribution in [2.45, 2.75) is 6.42 Å². The normalized spacial score (nSPS) is 13.3. The lowest BCUT2D eigenvalue weighted by Crippen LogP contribution is -2.12. The summed E-state index contributed by atoms with van der Waals surface area (Å²) in [6, 6.07) is 9.37. The summed E-state index contributed by atoms with van der Waals surface area (Å²) >= 11 is 3.07. The zero-order chi connectivity index (χ0) is 16.4. The van der Waals surface area contributed by atoms with Gasteiger partial charge in [-0.1, -0.05) is 6.07 Å². The second-order valence-electron chi connectivity index (χ2n) is 5.18. The number of rotatable bonds is 3. The molecule has 1 aliphatic rings. The van der Waals surface area contributed by atoms with Crippen molar-refractivity contribution in [1.29, 1.82) is 0 Å². The van der Waals surface area contributed by atoms with Gasteiger partial charge in [0.25, 0.3) is 5.91 Å². The van der Waals surface area contributed by atoms with Crippen molar-refractivity contribution in [3.05, 3.63) is 46.8 Å². The number of carbonyl (C=O) groups is 1. The van der Waals surface area contributed by atoms with Gasteiger partial charge in [-0.15, -0.1) is 22.7 Å². The van der Waals surface area contributed by atoms with E-state index in [1.165, 1.54) is 11.3 Å². The maximum atomic E-state index is 12.4. The number of aromatic nitrogens is 1. The van der Waals surface area contributed by atoms with E-state index in [4.69, 9.17) is 9.47 Å². The highest BCUT2D eigenvalue weighted by Crippen LogP contribution is 2.33. The minimum absolute atomic E-state index is 0.233. The van der Waals surface area contributed by atoms with E-state index in [1.54, 1.807) is 28.8 Å². The molecule has 4 rings (SSSR count). The number of benzene rings is 1. The van der Waals surface area contributed by atoms with Gasteiger partial charge < -0.3 is 14.8 Å². The van der Waals surface area contributed by atoms with E-state index in [2.05, 4.69) is 10.3 Å². The smallest absolute Gasteiger partial charge is 0.275 e. The van der Waals surface area contributed by atoms with Crippen LogP contribution >= 0.6 is 22.7 Å². The van der Waals surface area contributed by atoms with Gasteiger partial charge in [-0.05, 0) is 23.6 Å². The molecule has 3 aromatic rings.